The minimum Gasteiger partial charge on any atom is -0.504 e. The molecular formula is C98H106Cl2N4O15. The van der Waals surface area contributed by atoms with Gasteiger partial charge in [-0.05, 0) is 138 Å². The number of aliphatic hydroxyl groups is 1. The van der Waals surface area contributed by atoms with E-state index in [1.54, 1.807) is 55.0 Å². The van der Waals surface area contributed by atoms with Gasteiger partial charge in [-0.25, -0.2) is 9.97 Å². The van der Waals surface area contributed by atoms with Crippen molar-refractivity contribution in [3.8, 4) is 57.5 Å². The van der Waals surface area contributed by atoms with Crippen LogP contribution in [0.15, 0.2) is 286 Å². The molecule has 622 valence electrons. The third-order valence-electron chi connectivity index (χ3n) is 17.6. The van der Waals surface area contributed by atoms with E-state index in [4.69, 9.17) is 66.6 Å². The molecule has 19 nitrogen and oxygen atoms in total. The fourth-order valence-corrected chi connectivity index (χ4v) is 11.5. The molecule has 4 heterocycles. The van der Waals surface area contributed by atoms with Gasteiger partial charge < -0.3 is 63.6 Å². The van der Waals surface area contributed by atoms with Gasteiger partial charge in [-0.3, -0.25) is 19.2 Å². The number of aromatic hydroxyl groups is 3. The number of phenolic OH excluding ortho intramolecular Hbond substituents is 3. The predicted octanol–water partition coefficient (Wildman–Crippen LogP) is 23.9. The standard InChI is InChI=1S/C25H23ClN2O3.C21H18O3.C18H18O3.C14H12O3.C7H5ClN2.C7H6O3.6CH4/c26-18-11-20-21(13-28-25(20)27-12-18)23(29)19-7-4-8-22(24(19)31-15-17-9-10-17)30-14-16-5-2-1-3-6-16;22-14-19-12-7-13-20(23-15-17-8-3-1-4-9-17)21(19)24-16-18-10-5-2-6-11-18;19-11-16-7-4-8-17(18(16)21-13-15-9-10-15)20-12-14-5-2-1-3-6-14;15-9-12-7-4-8-13(14(12)16)17-10-11-5-2-1-3-6-11;8-6-3-5-1-2-9-7(5)10-4-6;8-4-5-2-1-3-6(9)7(5)10;;;;;;/h1-8,11-13,17,23,29H,9-10,14-15H2,(H,27,28);1-14H,15-16H2;1-8,11,15H,9-10,12-13H2;1-9,16H,10H2;1-4H,(H,9,10);1-4,9-10H;6*1H4. The Labute approximate surface area is 707 Å². The van der Waals surface area contributed by atoms with Crippen molar-refractivity contribution in [2.45, 2.75) is 109 Å². The van der Waals surface area contributed by atoms with E-state index >= 15 is 0 Å². The maximum atomic E-state index is 11.3. The van der Waals surface area contributed by atoms with Crippen LogP contribution in [-0.4, -0.2) is 78.7 Å². The number of carbonyl (C=O) groups excluding carboxylic acids is 4. The van der Waals surface area contributed by atoms with Gasteiger partial charge in [0.05, 0.1) is 45.5 Å². The summed E-state index contributed by atoms with van der Waals surface area (Å²) in [4.78, 5) is 57.7. The van der Waals surface area contributed by atoms with Crippen molar-refractivity contribution in [3.63, 3.8) is 0 Å². The third-order valence-corrected chi connectivity index (χ3v) is 18.0. The average molecular weight is 1650 g/mol. The van der Waals surface area contributed by atoms with E-state index in [0.717, 1.165) is 56.8 Å². The Bertz CT molecular complexity index is 5340. The number of phenols is 3. The summed E-state index contributed by atoms with van der Waals surface area (Å²) in [6, 6.07) is 80.3. The molecular weight excluding hydrogens is 1540 g/mol. The van der Waals surface area contributed by atoms with E-state index in [0.29, 0.717) is 149 Å². The molecule has 0 saturated heterocycles. The molecule has 14 aromatic rings. The molecule has 4 aromatic heterocycles. The van der Waals surface area contributed by atoms with E-state index < -0.39 is 6.10 Å². The van der Waals surface area contributed by atoms with E-state index in [1.807, 2.05) is 206 Å². The molecule has 2 fully saturated rings. The quantitative estimate of drug-likeness (QED) is 0.0206. The lowest BCUT2D eigenvalue weighted by molar-refractivity contribution is 0.111. The summed E-state index contributed by atoms with van der Waals surface area (Å²) >= 11 is 11.8. The number of carbonyl (C=O) groups is 4. The maximum absolute atomic E-state index is 11.3. The number of aromatic nitrogens is 4. The molecule has 0 bridgehead atoms. The predicted molar refractivity (Wildman–Crippen MR) is 476 cm³/mol. The lowest BCUT2D eigenvalue weighted by Crippen LogP contribution is -2.08. The molecule has 0 aliphatic heterocycles. The number of halogens is 2. The van der Waals surface area contributed by atoms with Crippen LogP contribution in [0.4, 0.5) is 0 Å². The van der Waals surface area contributed by atoms with Crippen molar-refractivity contribution >= 4 is 70.4 Å². The van der Waals surface area contributed by atoms with Crippen LogP contribution in [0, 0.1) is 11.8 Å². The summed E-state index contributed by atoms with van der Waals surface area (Å²) < 4.78 is 41.2. The second-order valence-electron chi connectivity index (χ2n) is 26.0. The Morgan fingerprint density at radius 2 is 0.731 bits per heavy atom. The number of nitrogens with zero attached hydrogens (tertiary/aromatic N) is 2. The number of hydrogen-bond acceptors (Lipinski definition) is 17. The molecule has 0 radical (unpaired) electrons. The Hall–Kier alpha value is -13.2. The number of aromatic amines is 2. The molecule has 10 aromatic carbocycles. The number of ether oxygens (including phenoxy) is 7. The van der Waals surface area contributed by atoms with Gasteiger partial charge in [0.25, 0.3) is 0 Å². The highest BCUT2D eigenvalue weighted by Gasteiger charge is 2.28. The van der Waals surface area contributed by atoms with E-state index in [9.17, 15) is 29.4 Å². The Morgan fingerprint density at radius 1 is 0.370 bits per heavy atom. The summed E-state index contributed by atoms with van der Waals surface area (Å²) in [7, 11) is 0. The number of fused-ring (bicyclic) bond motifs is 2. The minimum atomic E-state index is -0.913. The van der Waals surface area contributed by atoms with Crippen molar-refractivity contribution in [2.24, 2.45) is 11.8 Å². The summed E-state index contributed by atoms with van der Waals surface area (Å²) in [6.45, 7) is 3.32. The van der Waals surface area contributed by atoms with Gasteiger partial charge in [0.1, 0.15) is 50.4 Å². The molecule has 16 rings (SSSR count). The van der Waals surface area contributed by atoms with Crippen molar-refractivity contribution < 1.29 is 72.8 Å². The summed E-state index contributed by atoms with van der Waals surface area (Å²) in [5.41, 5.74) is 9.52. The Morgan fingerprint density at radius 3 is 1.17 bits per heavy atom. The van der Waals surface area contributed by atoms with Crippen LogP contribution in [-0.2, 0) is 33.0 Å². The van der Waals surface area contributed by atoms with Crippen LogP contribution in [0.25, 0.3) is 22.1 Å². The largest absolute Gasteiger partial charge is 0.504 e. The van der Waals surface area contributed by atoms with Crippen molar-refractivity contribution in [2.75, 3.05) is 13.2 Å². The zero-order chi connectivity index (χ0) is 78.9. The first-order valence-electron chi connectivity index (χ1n) is 36.4. The summed E-state index contributed by atoms with van der Waals surface area (Å²) in [5, 5.41) is 41.8. The highest BCUT2D eigenvalue weighted by molar-refractivity contribution is 6.31. The van der Waals surface area contributed by atoms with Gasteiger partial charge in [-0.2, -0.15) is 0 Å². The van der Waals surface area contributed by atoms with Crippen LogP contribution >= 0.6 is 23.2 Å². The maximum Gasteiger partial charge on any atom is 0.172 e. The van der Waals surface area contributed by atoms with Crippen LogP contribution in [0.5, 0.6) is 57.5 Å². The summed E-state index contributed by atoms with van der Waals surface area (Å²) in [5.74, 6) is 4.22. The lowest BCUT2D eigenvalue weighted by atomic mass is 10.00. The monoisotopic (exact) mass is 1650 g/mol. The highest BCUT2D eigenvalue weighted by atomic mass is 35.5. The lowest BCUT2D eigenvalue weighted by Gasteiger charge is -2.19. The number of rotatable bonds is 27. The van der Waals surface area contributed by atoms with E-state index in [-0.39, 0.29) is 72.9 Å². The highest BCUT2D eigenvalue weighted by Crippen LogP contribution is 2.42. The fourth-order valence-electron chi connectivity index (χ4n) is 11.1. The number of aldehydes is 4. The van der Waals surface area contributed by atoms with Crippen LogP contribution in [0.1, 0.15) is 157 Å². The molecule has 119 heavy (non-hydrogen) atoms. The molecule has 1 unspecified atom stereocenters. The van der Waals surface area contributed by atoms with E-state index in [1.165, 1.54) is 49.9 Å². The smallest absolute Gasteiger partial charge is 0.172 e. The van der Waals surface area contributed by atoms with E-state index in [2.05, 4.69) is 19.9 Å². The second-order valence-corrected chi connectivity index (χ2v) is 26.9. The Balaban J connectivity index is 0.000000261. The number of nitrogens with one attached hydrogen (secondary N) is 2. The fraction of sp³-hybridized carbons (Fsp3) is 0.204. The first-order valence-corrected chi connectivity index (χ1v) is 37.1. The zero-order valence-corrected chi connectivity index (χ0v) is 62.9. The molecule has 2 aliphatic rings. The second kappa shape index (κ2) is 50.3. The first-order chi connectivity index (χ1) is 55.3. The zero-order valence-electron chi connectivity index (χ0n) is 61.4. The molecule has 0 spiro atoms. The van der Waals surface area contributed by atoms with Crippen LogP contribution in [0.2, 0.25) is 10.0 Å². The number of pyridine rings is 2. The van der Waals surface area contributed by atoms with Crippen molar-refractivity contribution in [1.82, 2.24) is 19.9 Å². The van der Waals surface area contributed by atoms with Gasteiger partial charge in [-0.15, -0.1) is 0 Å². The third kappa shape index (κ3) is 29.2. The molecule has 1 atom stereocenters. The topological polar surface area (TPSA) is 271 Å². The first kappa shape index (κ1) is 96.4. The molecule has 21 heteroatoms. The van der Waals surface area contributed by atoms with Gasteiger partial charge >= 0.3 is 0 Å². The van der Waals surface area contributed by atoms with Crippen LogP contribution < -0.4 is 33.2 Å². The number of benzene rings is 10. The minimum absolute atomic E-state index is 0. The Kier molecular flexibility index (Phi) is 40.8. The average Bonchev–Trinajstić information content (AvgIpc) is 1.68. The number of hydrogen-bond donors (Lipinski definition) is 6. The number of aliphatic hydroxyl groups excluding tert-OH is 1. The molecule has 2 aliphatic carbocycles. The van der Waals surface area contributed by atoms with Crippen LogP contribution in [0.3, 0.4) is 0 Å². The SMILES string of the molecule is C.C.C.C.C.C.Clc1cnc2[nH]ccc2c1.O=Cc1cccc(O)c1O.O=Cc1cccc(OCc2ccccc2)c1O.O=Cc1cccc(OCc2ccccc2)c1OCC1CC1.O=Cc1cccc(OCc2ccccc2)c1OCc1ccccc1.OC(c1cccc(OCc2ccccc2)c1OCC1CC1)c1c[nH]c2ncc(Cl)cc12. The van der Waals surface area contributed by atoms with Gasteiger partial charge in [-0.1, -0.05) is 256 Å². The molecule has 6 N–H and O–H groups in total. The van der Waals surface area contributed by atoms with Gasteiger partial charge in [0, 0.05) is 46.7 Å². The van der Waals surface area contributed by atoms with Crippen molar-refractivity contribution in [1.29, 1.82) is 0 Å². The molecule has 0 amide bonds. The number of H-pyrrole nitrogens is 2. The molecule has 2 saturated carbocycles. The number of para-hydroxylation sites is 5. The van der Waals surface area contributed by atoms with Crippen molar-refractivity contribution in [3.05, 3.63) is 357 Å². The summed E-state index contributed by atoms with van der Waals surface area (Å²) in [6.07, 6.45) is 13.4. The van der Waals surface area contributed by atoms with Gasteiger partial charge in [0.2, 0.25) is 0 Å². The van der Waals surface area contributed by atoms with Gasteiger partial charge in [0.15, 0.2) is 82.6 Å². The normalized spacial score (nSPS) is 11.3.